The van der Waals surface area contributed by atoms with Crippen LogP contribution in [0.5, 0.6) is 0 Å². The molecule has 3 atom stereocenters. The van der Waals surface area contributed by atoms with Gasteiger partial charge in [-0.3, -0.25) is 24.0 Å². The Morgan fingerprint density at radius 2 is 1.32 bits per heavy atom. The average molecular weight is 510 g/mol. The Kier molecular flexibility index (Phi) is 11.5. The van der Waals surface area contributed by atoms with Crippen LogP contribution in [0.15, 0.2) is 60.7 Å². The van der Waals surface area contributed by atoms with E-state index in [0.29, 0.717) is 12.0 Å². The molecule has 0 aromatic heterocycles. The summed E-state index contributed by atoms with van der Waals surface area (Å²) >= 11 is 0. The number of hydrogen-bond donors (Lipinski definition) is 4. The molecule has 0 aliphatic carbocycles. The first-order valence-corrected chi connectivity index (χ1v) is 12.3. The van der Waals surface area contributed by atoms with Gasteiger partial charge in [-0.1, -0.05) is 74.5 Å². The normalized spacial score (nSPS) is 13.2. The topological polar surface area (TPSA) is 142 Å². The second kappa shape index (κ2) is 14.5. The number of nitrogens with one attached hydrogen (secondary N) is 3. The number of hydrogen-bond acceptors (Lipinski definition) is 5. The van der Waals surface area contributed by atoms with Crippen molar-refractivity contribution in [2.45, 2.75) is 64.6 Å². The molecule has 0 unspecified atom stereocenters. The first-order chi connectivity index (χ1) is 17.6. The molecule has 0 heterocycles. The van der Waals surface area contributed by atoms with Crippen molar-refractivity contribution in [3.8, 4) is 0 Å². The van der Waals surface area contributed by atoms with Crippen molar-refractivity contribution in [2.75, 3.05) is 0 Å². The van der Waals surface area contributed by atoms with Gasteiger partial charge in [0.1, 0.15) is 12.1 Å². The molecule has 2 aromatic rings. The highest BCUT2D eigenvalue weighted by Crippen LogP contribution is 2.08. The molecule has 2 aromatic carbocycles. The highest BCUT2D eigenvalue weighted by Gasteiger charge is 2.29. The van der Waals surface area contributed by atoms with Gasteiger partial charge in [-0.2, -0.15) is 0 Å². The van der Waals surface area contributed by atoms with E-state index in [4.69, 9.17) is 0 Å². The zero-order chi connectivity index (χ0) is 27.4. The highest BCUT2D eigenvalue weighted by molar-refractivity contribution is 5.96. The van der Waals surface area contributed by atoms with Gasteiger partial charge in [-0.25, -0.2) is 0 Å². The van der Waals surface area contributed by atoms with E-state index in [0.717, 1.165) is 5.56 Å². The minimum Gasteiger partial charge on any atom is -0.481 e. The summed E-state index contributed by atoms with van der Waals surface area (Å²) in [5.41, 5.74) is 1.70. The molecule has 0 saturated carbocycles. The minimum absolute atomic E-state index is 0.0375. The van der Waals surface area contributed by atoms with Gasteiger partial charge in [0.25, 0.3) is 0 Å². The van der Waals surface area contributed by atoms with Crippen LogP contribution in [0, 0.1) is 5.92 Å². The second-order valence-corrected chi connectivity index (χ2v) is 9.29. The van der Waals surface area contributed by atoms with Gasteiger partial charge in [0.15, 0.2) is 5.78 Å². The van der Waals surface area contributed by atoms with Crippen molar-refractivity contribution in [2.24, 2.45) is 5.92 Å². The highest BCUT2D eigenvalue weighted by atomic mass is 16.4. The second-order valence-electron chi connectivity index (χ2n) is 9.29. The molecule has 3 amide bonds. The lowest BCUT2D eigenvalue weighted by Crippen LogP contribution is -2.56. The lowest BCUT2D eigenvalue weighted by atomic mass is 10.0. The summed E-state index contributed by atoms with van der Waals surface area (Å²) in [6, 6.07) is 15.1. The molecule has 0 saturated heterocycles. The molecule has 0 spiro atoms. The van der Waals surface area contributed by atoms with E-state index >= 15 is 0 Å². The molecule has 9 heteroatoms. The van der Waals surface area contributed by atoms with Crippen molar-refractivity contribution >= 4 is 29.5 Å². The van der Waals surface area contributed by atoms with E-state index in [1.54, 1.807) is 44.2 Å². The fraction of sp³-hybridized carbons (Fsp3) is 0.393. The maximum Gasteiger partial charge on any atom is 0.305 e. The van der Waals surface area contributed by atoms with Gasteiger partial charge in [-0.15, -0.1) is 0 Å². The van der Waals surface area contributed by atoms with Crippen LogP contribution in [-0.4, -0.2) is 52.7 Å². The number of carbonyl (C=O) groups excluding carboxylic acids is 4. The van der Waals surface area contributed by atoms with Gasteiger partial charge in [0.05, 0.1) is 12.5 Å². The summed E-state index contributed by atoms with van der Waals surface area (Å²) in [7, 11) is 0. The van der Waals surface area contributed by atoms with E-state index in [1.807, 2.05) is 30.3 Å². The van der Waals surface area contributed by atoms with E-state index < -0.39 is 48.1 Å². The molecular formula is C28H35N3O6. The van der Waals surface area contributed by atoms with E-state index in [-0.39, 0.29) is 24.7 Å². The Hall–Kier alpha value is -4.01. The molecule has 37 heavy (non-hydrogen) atoms. The van der Waals surface area contributed by atoms with Crippen LogP contribution in [-0.2, 0) is 36.8 Å². The van der Waals surface area contributed by atoms with Gasteiger partial charge >= 0.3 is 5.97 Å². The molecule has 0 bridgehead atoms. The van der Waals surface area contributed by atoms with Crippen LogP contribution in [0.1, 0.15) is 44.7 Å². The van der Waals surface area contributed by atoms with Gasteiger partial charge in [0, 0.05) is 12.8 Å². The Morgan fingerprint density at radius 3 is 1.86 bits per heavy atom. The molecule has 0 fully saturated rings. The Balaban J connectivity index is 1.95. The van der Waals surface area contributed by atoms with E-state index in [9.17, 15) is 29.1 Å². The van der Waals surface area contributed by atoms with Crippen molar-refractivity contribution in [1.29, 1.82) is 0 Å². The molecule has 2 rings (SSSR count). The smallest absolute Gasteiger partial charge is 0.305 e. The molecule has 0 aliphatic heterocycles. The number of aryl methyl sites for hydroxylation is 1. The lowest BCUT2D eigenvalue weighted by Gasteiger charge is -2.25. The predicted octanol–water partition coefficient (Wildman–Crippen LogP) is 2.04. The van der Waals surface area contributed by atoms with E-state index in [1.165, 1.54) is 6.92 Å². The van der Waals surface area contributed by atoms with Crippen molar-refractivity contribution in [3.05, 3.63) is 71.8 Å². The first kappa shape index (κ1) is 29.2. The third-order valence-corrected chi connectivity index (χ3v) is 5.81. The van der Waals surface area contributed by atoms with Crippen LogP contribution in [0.25, 0.3) is 0 Å². The number of ketones is 1. The minimum atomic E-state index is -1.25. The lowest BCUT2D eigenvalue weighted by molar-refractivity contribution is -0.140. The fourth-order valence-electron chi connectivity index (χ4n) is 3.69. The van der Waals surface area contributed by atoms with Crippen LogP contribution in [0.3, 0.4) is 0 Å². The fourth-order valence-corrected chi connectivity index (χ4v) is 3.69. The maximum atomic E-state index is 12.9. The zero-order valence-electron chi connectivity index (χ0n) is 21.4. The monoisotopic (exact) mass is 509 g/mol. The predicted molar refractivity (Wildman–Crippen MR) is 138 cm³/mol. The van der Waals surface area contributed by atoms with Crippen molar-refractivity contribution in [1.82, 2.24) is 16.0 Å². The maximum absolute atomic E-state index is 12.9. The van der Waals surface area contributed by atoms with Gasteiger partial charge < -0.3 is 21.1 Å². The van der Waals surface area contributed by atoms with Crippen molar-refractivity contribution in [3.63, 3.8) is 0 Å². The van der Waals surface area contributed by atoms with Crippen LogP contribution in [0.4, 0.5) is 0 Å². The Bertz CT molecular complexity index is 1070. The Labute approximate surface area is 217 Å². The molecule has 0 radical (unpaired) electrons. The third kappa shape index (κ3) is 10.2. The summed E-state index contributed by atoms with van der Waals surface area (Å²) in [5, 5.41) is 17.0. The Morgan fingerprint density at radius 1 is 0.757 bits per heavy atom. The third-order valence-electron chi connectivity index (χ3n) is 5.81. The summed E-state index contributed by atoms with van der Waals surface area (Å²) in [4.78, 5) is 62.1. The van der Waals surface area contributed by atoms with Crippen LogP contribution >= 0.6 is 0 Å². The summed E-state index contributed by atoms with van der Waals surface area (Å²) in [6.45, 7) is 4.98. The summed E-state index contributed by atoms with van der Waals surface area (Å²) in [6.07, 6.45) is 0.116. The SMILES string of the molecule is CC(C)[C@H](NC(=O)CCc1ccccc1)C(=O)N[C@@H](C)C(=O)N[C@@H](CC(=O)O)C(=O)Cc1ccccc1. The number of Topliss-reactive ketones (excluding diaryl/α,β-unsaturated/α-hetero) is 1. The van der Waals surface area contributed by atoms with E-state index in [2.05, 4.69) is 16.0 Å². The van der Waals surface area contributed by atoms with Crippen molar-refractivity contribution < 1.29 is 29.1 Å². The number of aliphatic carboxylic acids is 1. The van der Waals surface area contributed by atoms with Crippen LogP contribution < -0.4 is 16.0 Å². The quantitative estimate of drug-likeness (QED) is 0.307. The summed E-state index contributed by atoms with van der Waals surface area (Å²) in [5.74, 6) is -3.46. The average Bonchev–Trinajstić information content (AvgIpc) is 2.86. The molecular weight excluding hydrogens is 474 g/mol. The zero-order valence-corrected chi connectivity index (χ0v) is 21.4. The number of amides is 3. The molecule has 198 valence electrons. The number of benzene rings is 2. The largest absolute Gasteiger partial charge is 0.481 e. The number of carboxylic acid groups (broad SMARTS) is 1. The number of rotatable bonds is 14. The summed E-state index contributed by atoms with van der Waals surface area (Å²) < 4.78 is 0. The standard InChI is InChI=1S/C28H35N3O6/c1-18(2)26(31-24(33)15-14-20-10-6-4-7-11-20)28(37)29-19(3)27(36)30-22(17-25(34)35)23(32)16-21-12-8-5-9-13-21/h4-13,18-19,22,26H,14-17H2,1-3H3,(H,29,37)(H,30,36)(H,31,33)(H,34,35)/t19-,22-,26-/m0/s1. The first-order valence-electron chi connectivity index (χ1n) is 12.3. The van der Waals surface area contributed by atoms with Crippen LogP contribution in [0.2, 0.25) is 0 Å². The molecule has 4 N–H and O–H groups in total. The number of carbonyl (C=O) groups is 5. The molecule has 0 aliphatic rings. The number of carboxylic acids is 1. The van der Waals surface area contributed by atoms with Gasteiger partial charge in [-0.05, 0) is 30.4 Å². The van der Waals surface area contributed by atoms with Gasteiger partial charge in [0.2, 0.25) is 17.7 Å². The molecule has 9 nitrogen and oxygen atoms in total.